The zero-order valence-corrected chi connectivity index (χ0v) is 15.1. The van der Waals surface area contributed by atoms with E-state index < -0.39 is 6.36 Å². The number of rotatable bonds is 5. The van der Waals surface area contributed by atoms with Crippen molar-refractivity contribution in [2.45, 2.75) is 32.8 Å². The second-order valence-electron chi connectivity index (χ2n) is 6.50. The molecule has 0 saturated heterocycles. The van der Waals surface area contributed by atoms with Crippen molar-refractivity contribution in [2.75, 3.05) is 0 Å². The molecule has 0 aliphatic heterocycles. The molecule has 0 bridgehead atoms. The van der Waals surface area contributed by atoms with Crippen LogP contribution in [-0.2, 0) is 6.54 Å². The molecule has 0 atom stereocenters. The van der Waals surface area contributed by atoms with Gasteiger partial charge in [-0.1, -0.05) is 12.1 Å². The summed E-state index contributed by atoms with van der Waals surface area (Å²) in [6, 6.07) is 10.1. The van der Waals surface area contributed by atoms with Crippen molar-refractivity contribution in [3.63, 3.8) is 0 Å². The summed E-state index contributed by atoms with van der Waals surface area (Å²) in [5.41, 5.74) is 1.99. The number of fused-ring (bicyclic) bond motifs is 1. The van der Waals surface area contributed by atoms with E-state index in [4.69, 9.17) is 0 Å². The topological polar surface area (TPSA) is 76.1 Å². The van der Waals surface area contributed by atoms with Crippen molar-refractivity contribution in [3.05, 3.63) is 64.1 Å². The number of aromatic nitrogens is 2. The molecule has 2 aromatic carbocycles. The molecule has 2 N–H and O–H groups in total. The summed E-state index contributed by atoms with van der Waals surface area (Å²) in [5, 5.41) is 2.69. The largest absolute Gasteiger partial charge is 0.573 e. The fraction of sp³-hybridized carbons (Fsp3) is 0.263. The Bertz CT molecular complexity index is 1050. The predicted octanol–water partition coefficient (Wildman–Crippen LogP) is 3.74. The summed E-state index contributed by atoms with van der Waals surface area (Å²) in [6.45, 7) is 3.91. The average Bonchev–Trinajstić information content (AvgIpc) is 2.94. The van der Waals surface area contributed by atoms with E-state index in [1.807, 2.05) is 13.8 Å². The van der Waals surface area contributed by atoms with Crippen molar-refractivity contribution in [1.82, 2.24) is 14.9 Å². The van der Waals surface area contributed by atoms with Gasteiger partial charge in [0.2, 0.25) is 0 Å². The first kappa shape index (κ1) is 19.5. The number of H-pyrrole nitrogens is 1. The van der Waals surface area contributed by atoms with Gasteiger partial charge in [-0.15, -0.1) is 13.2 Å². The number of ether oxygens (including phenoxy) is 1. The Morgan fingerprint density at radius 3 is 2.46 bits per heavy atom. The molecule has 1 heterocycles. The Hall–Kier alpha value is -3.23. The van der Waals surface area contributed by atoms with Crippen LogP contribution >= 0.6 is 0 Å². The number of amides is 1. The normalized spacial score (nSPS) is 11.8. The van der Waals surface area contributed by atoms with Gasteiger partial charge in [0.25, 0.3) is 5.91 Å². The van der Waals surface area contributed by atoms with Crippen LogP contribution in [0.15, 0.2) is 47.3 Å². The van der Waals surface area contributed by atoms with E-state index in [9.17, 15) is 22.8 Å². The number of carbonyl (C=O) groups is 1. The second kappa shape index (κ2) is 7.41. The summed E-state index contributed by atoms with van der Waals surface area (Å²) >= 11 is 0. The van der Waals surface area contributed by atoms with Crippen molar-refractivity contribution < 1.29 is 22.7 Å². The molecule has 1 amide bonds. The third-order valence-corrected chi connectivity index (χ3v) is 4.11. The van der Waals surface area contributed by atoms with Crippen molar-refractivity contribution in [3.8, 4) is 5.75 Å². The van der Waals surface area contributed by atoms with Gasteiger partial charge >= 0.3 is 12.1 Å². The lowest BCUT2D eigenvalue weighted by Gasteiger charge is -2.10. The second-order valence-corrected chi connectivity index (χ2v) is 6.50. The molecule has 1 aromatic heterocycles. The van der Waals surface area contributed by atoms with Gasteiger partial charge in [-0.3, -0.25) is 9.36 Å². The van der Waals surface area contributed by atoms with E-state index in [1.54, 1.807) is 22.8 Å². The smallest absolute Gasteiger partial charge is 0.406 e. The van der Waals surface area contributed by atoms with E-state index in [2.05, 4.69) is 15.0 Å². The molecule has 0 aliphatic rings. The SMILES string of the molecule is CC(C)n1c(=O)[nH]c2cc(C(=O)NCc3ccc(OC(F)(F)F)cc3)ccc21. The molecule has 0 unspecified atom stereocenters. The molecular formula is C19H18F3N3O3. The van der Waals surface area contributed by atoms with Gasteiger partial charge in [-0.05, 0) is 49.7 Å². The van der Waals surface area contributed by atoms with Crippen LogP contribution in [0.2, 0.25) is 0 Å². The minimum absolute atomic E-state index is 0.0229. The van der Waals surface area contributed by atoms with E-state index in [0.717, 1.165) is 0 Å². The number of nitrogens with zero attached hydrogens (tertiary/aromatic N) is 1. The number of nitrogens with one attached hydrogen (secondary N) is 2. The zero-order chi connectivity index (χ0) is 20.5. The lowest BCUT2D eigenvalue weighted by atomic mass is 10.1. The standard InChI is InChI=1S/C19H18F3N3O3/c1-11(2)25-16-8-5-13(9-15(16)24-18(25)27)17(26)23-10-12-3-6-14(7-4-12)28-19(20,21)22/h3-9,11H,10H2,1-2H3,(H,23,26)(H,24,27). The number of benzene rings is 2. The van der Waals surface area contributed by atoms with Crippen LogP contribution in [0.1, 0.15) is 35.8 Å². The molecule has 0 radical (unpaired) electrons. The van der Waals surface area contributed by atoms with Crippen LogP contribution in [0.25, 0.3) is 11.0 Å². The van der Waals surface area contributed by atoms with Crippen LogP contribution in [0.3, 0.4) is 0 Å². The van der Waals surface area contributed by atoms with Crippen LogP contribution in [-0.4, -0.2) is 21.8 Å². The Morgan fingerprint density at radius 2 is 1.86 bits per heavy atom. The number of hydrogen-bond donors (Lipinski definition) is 2. The van der Waals surface area contributed by atoms with E-state index >= 15 is 0 Å². The van der Waals surface area contributed by atoms with Crippen LogP contribution < -0.4 is 15.7 Å². The Balaban J connectivity index is 1.69. The minimum atomic E-state index is -4.75. The maximum Gasteiger partial charge on any atom is 0.573 e. The fourth-order valence-electron chi connectivity index (χ4n) is 2.88. The van der Waals surface area contributed by atoms with E-state index in [0.29, 0.717) is 22.2 Å². The van der Waals surface area contributed by atoms with Crippen molar-refractivity contribution in [2.24, 2.45) is 0 Å². The molecule has 28 heavy (non-hydrogen) atoms. The van der Waals surface area contributed by atoms with Gasteiger partial charge in [0.15, 0.2) is 0 Å². The molecule has 0 aliphatic carbocycles. The predicted molar refractivity (Wildman–Crippen MR) is 97.2 cm³/mol. The summed E-state index contributed by atoms with van der Waals surface area (Å²) < 4.78 is 41.9. The maximum atomic E-state index is 12.4. The van der Waals surface area contributed by atoms with Gasteiger partial charge in [0.1, 0.15) is 5.75 Å². The van der Waals surface area contributed by atoms with Gasteiger partial charge < -0.3 is 15.0 Å². The zero-order valence-electron chi connectivity index (χ0n) is 15.1. The Morgan fingerprint density at radius 1 is 1.18 bits per heavy atom. The van der Waals surface area contributed by atoms with Gasteiger partial charge in [-0.25, -0.2) is 4.79 Å². The molecule has 9 heteroatoms. The van der Waals surface area contributed by atoms with Crippen LogP contribution in [0.4, 0.5) is 13.2 Å². The number of alkyl halides is 3. The summed E-state index contributed by atoms with van der Waals surface area (Å²) in [4.78, 5) is 27.1. The first-order chi connectivity index (χ1) is 13.1. The number of aromatic amines is 1. The summed E-state index contributed by atoms with van der Waals surface area (Å²) in [7, 11) is 0. The van der Waals surface area contributed by atoms with E-state index in [-0.39, 0.29) is 29.9 Å². The molecule has 0 spiro atoms. The number of hydrogen-bond acceptors (Lipinski definition) is 3. The highest BCUT2D eigenvalue weighted by Crippen LogP contribution is 2.22. The third kappa shape index (κ3) is 4.36. The lowest BCUT2D eigenvalue weighted by molar-refractivity contribution is -0.274. The highest BCUT2D eigenvalue weighted by atomic mass is 19.4. The third-order valence-electron chi connectivity index (χ3n) is 4.11. The molecule has 3 rings (SSSR count). The van der Waals surface area contributed by atoms with Crippen molar-refractivity contribution >= 4 is 16.9 Å². The number of carbonyl (C=O) groups excluding carboxylic acids is 1. The average molecular weight is 393 g/mol. The van der Waals surface area contributed by atoms with Gasteiger partial charge in [0, 0.05) is 18.2 Å². The maximum absolute atomic E-state index is 12.4. The molecule has 0 fully saturated rings. The quantitative estimate of drug-likeness (QED) is 0.693. The highest BCUT2D eigenvalue weighted by molar-refractivity contribution is 5.97. The highest BCUT2D eigenvalue weighted by Gasteiger charge is 2.30. The minimum Gasteiger partial charge on any atom is -0.406 e. The molecule has 6 nitrogen and oxygen atoms in total. The first-order valence-corrected chi connectivity index (χ1v) is 8.51. The molecule has 3 aromatic rings. The molecule has 0 saturated carbocycles. The fourth-order valence-corrected chi connectivity index (χ4v) is 2.88. The summed E-state index contributed by atoms with van der Waals surface area (Å²) in [6.07, 6.45) is -4.75. The van der Waals surface area contributed by atoms with Crippen LogP contribution in [0.5, 0.6) is 5.75 Å². The van der Waals surface area contributed by atoms with Gasteiger partial charge in [0.05, 0.1) is 11.0 Å². The Labute approximate surface area is 157 Å². The monoisotopic (exact) mass is 393 g/mol. The van der Waals surface area contributed by atoms with Crippen molar-refractivity contribution in [1.29, 1.82) is 0 Å². The molecule has 148 valence electrons. The van der Waals surface area contributed by atoms with Gasteiger partial charge in [-0.2, -0.15) is 0 Å². The first-order valence-electron chi connectivity index (χ1n) is 8.51. The van der Waals surface area contributed by atoms with Crippen LogP contribution in [0, 0.1) is 0 Å². The Kier molecular flexibility index (Phi) is 5.17. The van der Waals surface area contributed by atoms with E-state index in [1.165, 1.54) is 24.3 Å². The lowest BCUT2D eigenvalue weighted by Crippen LogP contribution is -2.22. The summed E-state index contributed by atoms with van der Waals surface area (Å²) in [5.74, 6) is -0.692. The number of halogens is 3. The molecular weight excluding hydrogens is 375 g/mol. The number of imidazole rings is 1.